The van der Waals surface area contributed by atoms with Crippen molar-refractivity contribution in [3.8, 4) is 11.1 Å². The number of carbonyl (C=O) groups is 1. The van der Waals surface area contributed by atoms with E-state index in [1.807, 2.05) is 4.40 Å². The van der Waals surface area contributed by atoms with Crippen molar-refractivity contribution in [2.45, 2.75) is 6.92 Å². The van der Waals surface area contributed by atoms with Gasteiger partial charge >= 0.3 is 5.97 Å². The monoisotopic (exact) mass is 334 g/mol. The molecule has 3 rings (SSSR count). The highest BCUT2D eigenvalue weighted by Gasteiger charge is 2.20. The van der Waals surface area contributed by atoms with Crippen molar-refractivity contribution in [1.82, 2.24) is 9.38 Å². The van der Waals surface area contributed by atoms with Gasteiger partial charge in [-0.15, -0.1) is 0 Å². The standard InChI is InChI=1S/C16H12Cl2N2O2/c1-2-22-16(21)12-5-7-20-8-6-19-15(20)14(12)11-4-3-10(17)9-13(11)18/h3-9H,2H2,1H3. The molecule has 0 spiro atoms. The van der Waals surface area contributed by atoms with Crippen molar-refractivity contribution in [2.75, 3.05) is 6.61 Å². The number of hydrogen-bond donors (Lipinski definition) is 0. The number of imidazole rings is 1. The summed E-state index contributed by atoms with van der Waals surface area (Å²) < 4.78 is 6.96. The third kappa shape index (κ3) is 2.56. The first-order valence-corrected chi connectivity index (χ1v) is 7.45. The average molecular weight is 335 g/mol. The minimum absolute atomic E-state index is 0.298. The molecule has 0 aliphatic rings. The lowest BCUT2D eigenvalue weighted by molar-refractivity contribution is 0.0527. The second-order valence-corrected chi connectivity index (χ2v) is 5.45. The topological polar surface area (TPSA) is 43.6 Å². The number of fused-ring (bicyclic) bond motifs is 1. The Labute approximate surface area is 137 Å². The van der Waals surface area contributed by atoms with Crippen molar-refractivity contribution >= 4 is 34.8 Å². The largest absolute Gasteiger partial charge is 0.462 e. The van der Waals surface area contributed by atoms with Gasteiger partial charge < -0.3 is 9.14 Å². The fraction of sp³-hybridized carbons (Fsp3) is 0.125. The number of nitrogens with zero attached hydrogens (tertiary/aromatic N) is 2. The van der Waals surface area contributed by atoms with E-state index in [4.69, 9.17) is 27.9 Å². The van der Waals surface area contributed by atoms with E-state index in [-0.39, 0.29) is 0 Å². The van der Waals surface area contributed by atoms with Gasteiger partial charge in [0.1, 0.15) is 5.65 Å². The van der Waals surface area contributed by atoms with E-state index in [9.17, 15) is 4.79 Å². The molecule has 0 N–H and O–H groups in total. The normalized spacial score (nSPS) is 10.9. The number of pyridine rings is 1. The summed E-state index contributed by atoms with van der Waals surface area (Å²) in [4.78, 5) is 16.6. The van der Waals surface area contributed by atoms with Crippen LogP contribution in [0.5, 0.6) is 0 Å². The maximum absolute atomic E-state index is 12.3. The van der Waals surface area contributed by atoms with Crippen LogP contribution < -0.4 is 0 Å². The molecule has 0 aliphatic heterocycles. The maximum atomic E-state index is 12.3. The van der Waals surface area contributed by atoms with Gasteiger partial charge in [-0.05, 0) is 25.1 Å². The summed E-state index contributed by atoms with van der Waals surface area (Å²) in [5.41, 5.74) is 2.37. The van der Waals surface area contributed by atoms with Crippen LogP contribution in [0, 0.1) is 0 Å². The molecule has 0 fully saturated rings. The molecule has 0 saturated carbocycles. The molecule has 0 amide bonds. The van der Waals surface area contributed by atoms with E-state index in [1.165, 1.54) is 0 Å². The number of benzene rings is 1. The Hall–Kier alpha value is -2.04. The number of aromatic nitrogens is 2. The number of ether oxygens (including phenoxy) is 1. The van der Waals surface area contributed by atoms with Crippen LogP contribution in [-0.4, -0.2) is 22.0 Å². The number of esters is 1. The highest BCUT2D eigenvalue weighted by molar-refractivity contribution is 6.36. The fourth-order valence-electron chi connectivity index (χ4n) is 2.32. The first kappa shape index (κ1) is 14.9. The second-order valence-electron chi connectivity index (χ2n) is 4.61. The van der Waals surface area contributed by atoms with E-state index in [1.54, 1.807) is 49.8 Å². The average Bonchev–Trinajstić information content (AvgIpc) is 2.95. The zero-order valence-electron chi connectivity index (χ0n) is 11.7. The first-order valence-electron chi connectivity index (χ1n) is 6.70. The SMILES string of the molecule is CCOC(=O)c1ccn2ccnc2c1-c1ccc(Cl)cc1Cl. The molecule has 0 unspecified atom stereocenters. The van der Waals surface area contributed by atoms with E-state index in [0.29, 0.717) is 39.0 Å². The maximum Gasteiger partial charge on any atom is 0.338 e. The Bertz CT molecular complexity index is 858. The molecule has 0 aliphatic carbocycles. The number of rotatable bonds is 3. The molecule has 4 nitrogen and oxygen atoms in total. The van der Waals surface area contributed by atoms with E-state index < -0.39 is 5.97 Å². The fourth-order valence-corrected chi connectivity index (χ4v) is 2.83. The van der Waals surface area contributed by atoms with Crippen LogP contribution in [0.4, 0.5) is 0 Å². The lowest BCUT2D eigenvalue weighted by Gasteiger charge is -2.12. The van der Waals surface area contributed by atoms with Crippen LogP contribution in [0.1, 0.15) is 17.3 Å². The third-order valence-corrected chi connectivity index (χ3v) is 3.81. The minimum atomic E-state index is -0.408. The molecule has 2 heterocycles. The van der Waals surface area contributed by atoms with Gasteiger partial charge in [0.05, 0.1) is 17.2 Å². The van der Waals surface area contributed by atoms with E-state index in [2.05, 4.69) is 4.98 Å². The Morgan fingerprint density at radius 3 is 2.82 bits per heavy atom. The zero-order chi connectivity index (χ0) is 15.7. The lowest BCUT2D eigenvalue weighted by atomic mass is 10.0. The van der Waals surface area contributed by atoms with Crippen molar-refractivity contribution in [1.29, 1.82) is 0 Å². The second kappa shape index (κ2) is 5.99. The summed E-state index contributed by atoms with van der Waals surface area (Å²) in [6.45, 7) is 2.06. The van der Waals surface area contributed by atoms with Gasteiger partial charge in [-0.25, -0.2) is 9.78 Å². The van der Waals surface area contributed by atoms with Crippen LogP contribution in [0.15, 0.2) is 42.9 Å². The van der Waals surface area contributed by atoms with E-state index >= 15 is 0 Å². The molecular formula is C16H12Cl2N2O2. The summed E-state index contributed by atoms with van der Waals surface area (Å²) in [7, 11) is 0. The molecule has 0 radical (unpaired) electrons. The van der Waals surface area contributed by atoms with Crippen LogP contribution in [0.25, 0.3) is 16.8 Å². The number of hydrogen-bond acceptors (Lipinski definition) is 3. The number of carbonyl (C=O) groups excluding carboxylic acids is 1. The van der Waals surface area contributed by atoms with Gasteiger partial charge in [0, 0.05) is 34.7 Å². The van der Waals surface area contributed by atoms with Gasteiger partial charge in [-0.2, -0.15) is 0 Å². The summed E-state index contributed by atoms with van der Waals surface area (Å²) in [6.07, 6.45) is 5.23. The Morgan fingerprint density at radius 1 is 1.27 bits per heavy atom. The van der Waals surface area contributed by atoms with Crippen molar-refractivity contribution in [2.24, 2.45) is 0 Å². The molecule has 0 bridgehead atoms. The van der Waals surface area contributed by atoms with Crippen LogP contribution in [0.2, 0.25) is 10.0 Å². The highest BCUT2D eigenvalue weighted by Crippen LogP contribution is 2.35. The van der Waals surface area contributed by atoms with Gasteiger partial charge in [0.2, 0.25) is 0 Å². The summed E-state index contributed by atoms with van der Waals surface area (Å²) in [5.74, 6) is -0.408. The number of halogens is 2. The quantitative estimate of drug-likeness (QED) is 0.663. The molecule has 0 saturated heterocycles. The predicted octanol–water partition coefficient (Wildman–Crippen LogP) is 4.48. The zero-order valence-corrected chi connectivity index (χ0v) is 13.2. The molecular weight excluding hydrogens is 323 g/mol. The summed E-state index contributed by atoms with van der Waals surface area (Å²) >= 11 is 12.3. The Balaban J connectivity index is 2.31. The highest BCUT2D eigenvalue weighted by atomic mass is 35.5. The van der Waals surface area contributed by atoms with Crippen molar-refractivity contribution < 1.29 is 9.53 Å². The predicted molar refractivity (Wildman–Crippen MR) is 86.6 cm³/mol. The van der Waals surface area contributed by atoms with Crippen molar-refractivity contribution in [3.05, 3.63) is 58.5 Å². The Kier molecular flexibility index (Phi) is 4.05. The Morgan fingerprint density at radius 2 is 2.09 bits per heavy atom. The van der Waals surface area contributed by atoms with Gasteiger partial charge in [0.25, 0.3) is 0 Å². The van der Waals surface area contributed by atoms with Gasteiger partial charge in [-0.3, -0.25) is 0 Å². The molecule has 3 aromatic rings. The van der Waals surface area contributed by atoms with E-state index in [0.717, 1.165) is 0 Å². The minimum Gasteiger partial charge on any atom is -0.462 e. The van der Waals surface area contributed by atoms with Crippen LogP contribution in [0.3, 0.4) is 0 Å². The van der Waals surface area contributed by atoms with Crippen LogP contribution >= 0.6 is 23.2 Å². The van der Waals surface area contributed by atoms with Gasteiger partial charge in [-0.1, -0.05) is 29.3 Å². The lowest BCUT2D eigenvalue weighted by Crippen LogP contribution is -2.08. The first-order chi connectivity index (χ1) is 10.6. The van der Waals surface area contributed by atoms with Crippen molar-refractivity contribution in [3.63, 3.8) is 0 Å². The summed E-state index contributed by atoms with van der Waals surface area (Å²) in [5, 5.41) is 0.982. The smallest absolute Gasteiger partial charge is 0.338 e. The molecule has 0 atom stereocenters. The summed E-state index contributed by atoms with van der Waals surface area (Å²) in [6, 6.07) is 6.84. The molecule has 1 aromatic carbocycles. The third-order valence-electron chi connectivity index (χ3n) is 3.26. The van der Waals surface area contributed by atoms with Crippen LogP contribution in [-0.2, 0) is 4.74 Å². The molecule has 112 valence electrons. The van der Waals surface area contributed by atoms with Gasteiger partial charge in [0.15, 0.2) is 0 Å². The molecule has 6 heteroatoms. The molecule has 22 heavy (non-hydrogen) atoms. The molecule has 2 aromatic heterocycles.